The van der Waals surface area contributed by atoms with E-state index in [4.69, 9.17) is 0 Å². The van der Waals surface area contributed by atoms with E-state index in [1.54, 1.807) is 0 Å². The lowest BCUT2D eigenvalue weighted by molar-refractivity contribution is -0.145. The Morgan fingerprint density at radius 1 is 1.22 bits per heavy atom. The molecule has 4 rings (SSSR count). The van der Waals surface area contributed by atoms with Gasteiger partial charge < -0.3 is 10.1 Å². The predicted molar refractivity (Wildman–Crippen MR) is 90.1 cm³/mol. The third-order valence-corrected chi connectivity index (χ3v) is 5.88. The van der Waals surface area contributed by atoms with Crippen LogP contribution in [0.1, 0.15) is 37.9 Å². The fraction of sp³-hybridized carbons (Fsp3) is 0.353. The highest BCUT2D eigenvalue weighted by Gasteiger charge is 2.44. The van der Waals surface area contributed by atoms with Crippen LogP contribution in [0.2, 0.25) is 0 Å². The third-order valence-electron chi connectivity index (χ3n) is 4.82. The molecule has 1 aliphatic rings. The zero-order valence-electron chi connectivity index (χ0n) is 12.5. The number of nitrogens with one attached hydrogen (secondary N) is 1. The normalized spacial score (nSPS) is 17.6. The molecule has 0 radical (unpaired) electrons. The van der Waals surface area contributed by atoms with E-state index < -0.39 is 11.4 Å². The van der Waals surface area contributed by atoms with Gasteiger partial charge in [0.05, 0.1) is 5.39 Å². The minimum atomic E-state index is -1.05. The van der Waals surface area contributed by atoms with Crippen LogP contribution in [0.15, 0.2) is 29.1 Å². The average molecular weight is 328 g/mol. The molecule has 6 heteroatoms. The Bertz CT molecular complexity index is 967. The van der Waals surface area contributed by atoms with Crippen LogP contribution in [-0.2, 0) is 10.2 Å². The number of H-pyrrole nitrogens is 1. The number of rotatable bonds is 2. The van der Waals surface area contributed by atoms with Crippen LogP contribution in [0.3, 0.4) is 0 Å². The SMILES string of the molecule is O=C(O)C1(c2nc3sc4ccccc4c3c(=O)[nH]2)CCCCC1. The summed E-state index contributed by atoms with van der Waals surface area (Å²) in [7, 11) is 0. The van der Waals surface area contributed by atoms with Crippen molar-refractivity contribution >= 4 is 37.6 Å². The molecule has 0 aliphatic heterocycles. The molecular weight excluding hydrogens is 312 g/mol. The van der Waals surface area contributed by atoms with Gasteiger partial charge in [-0.2, -0.15) is 0 Å². The minimum absolute atomic E-state index is 0.242. The van der Waals surface area contributed by atoms with E-state index in [2.05, 4.69) is 9.97 Å². The Kier molecular flexibility index (Phi) is 3.23. The quantitative estimate of drug-likeness (QED) is 0.755. The van der Waals surface area contributed by atoms with Gasteiger partial charge in [-0.15, -0.1) is 11.3 Å². The van der Waals surface area contributed by atoms with Crippen molar-refractivity contribution in [2.75, 3.05) is 0 Å². The Labute approximate surface area is 136 Å². The van der Waals surface area contributed by atoms with Crippen LogP contribution in [0.5, 0.6) is 0 Å². The molecular formula is C17H16N2O3S. The van der Waals surface area contributed by atoms with E-state index in [0.29, 0.717) is 28.9 Å². The summed E-state index contributed by atoms with van der Waals surface area (Å²) < 4.78 is 0.991. The average Bonchev–Trinajstić information content (AvgIpc) is 2.94. The molecule has 0 bridgehead atoms. The number of thiophene rings is 1. The molecule has 0 spiro atoms. The van der Waals surface area contributed by atoms with Crippen molar-refractivity contribution in [1.29, 1.82) is 0 Å². The van der Waals surface area contributed by atoms with Crippen molar-refractivity contribution in [3.05, 3.63) is 40.4 Å². The van der Waals surface area contributed by atoms with Crippen molar-refractivity contribution in [2.45, 2.75) is 37.5 Å². The van der Waals surface area contributed by atoms with Crippen molar-refractivity contribution in [1.82, 2.24) is 9.97 Å². The van der Waals surface area contributed by atoms with E-state index >= 15 is 0 Å². The second kappa shape index (κ2) is 5.16. The molecule has 0 amide bonds. The van der Waals surface area contributed by atoms with Gasteiger partial charge in [0.25, 0.3) is 5.56 Å². The van der Waals surface area contributed by atoms with E-state index in [1.807, 2.05) is 24.3 Å². The number of aliphatic carboxylic acids is 1. The highest BCUT2D eigenvalue weighted by atomic mass is 32.1. The van der Waals surface area contributed by atoms with Crippen molar-refractivity contribution in [3.63, 3.8) is 0 Å². The Morgan fingerprint density at radius 3 is 2.70 bits per heavy atom. The van der Waals surface area contributed by atoms with Crippen LogP contribution < -0.4 is 5.56 Å². The molecule has 118 valence electrons. The van der Waals surface area contributed by atoms with Crippen molar-refractivity contribution < 1.29 is 9.90 Å². The summed E-state index contributed by atoms with van der Waals surface area (Å²) in [5, 5.41) is 11.2. The number of aromatic nitrogens is 2. The standard InChI is InChI=1S/C17H16N2O3S/c20-13-12-10-6-2-3-7-11(10)23-14(12)19-15(18-13)17(16(21)22)8-4-1-5-9-17/h2-3,6-7H,1,4-5,8-9H2,(H,21,22)(H,18,19,20). The molecule has 1 aliphatic carbocycles. The molecule has 0 saturated heterocycles. The van der Waals surface area contributed by atoms with E-state index in [-0.39, 0.29) is 5.56 Å². The summed E-state index contributed by atoms with van der Waals surface area (Å²) in [5.41, 5.74) is -1.30. The highest BCUT2D eigenvalue weighted by molar-refractivity contribution is 7.25. The van der Waals surface area contributed by atoms with Gasteiger partial charge in [-0.05, 0) is 18.9 Å². The first-order valence-electron chi connectivity index (χ1n) is 7.77. The third kappa shape index (κ3) is 2.09. The lowest BCUT2D eigenvalue weighted by Gasteiger charge is -2.31. The smallest absolute Gasteiger partial charge is 0.317 e. The van der Waals surface area contributed by atoms with Crippen molar-refractivity contribution in [3.8, 4) is 0 Å². The Hall–Kier alpha value is -2.21. The number of aromatic amines is 1. The van der Waals surface area contributed by atoms with Gasteiger partial charge in [0.1, 0.15) is 16.1 Å². The molecule has 0 atom stereocenters. The number of hydrogen-bond donors (Lipinski definition) is 2. The molecule has 3 aromatic rings. The van der Waals surface area contributed by atoms with Gasteiger partial charge >= 0.3 is 5.97 Å². The first kappa shape index (κ1) is 14.4. The zero-order valence-corrected chi connectivity index (χ0v) is 13.3. The summed E-state index contributed by atoms with van der Waals surface area (Å²) in [6.45, 7) is 0. The molecule has 0 unspecified atom stereocenters. The summed E-state index contributed by atoms with van der Waals surface area (Å²) >= 11 is 1.44. The van der Waals surface area contributed by atoms with Gasteiger partial charge in [0, 0.05) is 10.1 Å². The topological polar surface area (TPSA) is 83.0 Å². The molecule has 2 heterocycles. The van der Waals surface area contributed by atoms with Crippen molar-refractivity contribution in [2.24, 2.45) is 0 Å². The van der Waals surface area contributed by atoms with Gasteiger partial charge in [-0.3, -0.25) is 9.59 Å². The number of hydrogen-bond acceptors (Lipinski definition) is 4. The van der Waals surface area contributed by atoms with Gasteiger partial charge in [0.15, 0.2) is 0 Å². The largest absolute Gasteiger partial charge is 0.480 e. The molecule has 2 aromatic heterocycles. The Balaban J connectivity index is 1.99. The summed E-state index contributed by atoms with van der Waals surface area (Å²) in [6.07, 6.45) is 3.79. The highest BCUT2D eigenvalue weighted by Crippen LogP contribution is 2.39. The molecule has 1 saturated carbocycles. The minimum Gasteiger partial charge on any atom is -0.480 e. The van der Waals surface area contributed by atoms with Crippen LogP contribution in [0.4, 0.5) is 0 Å². The first-order chi connectivity index (χ1) is 11.1. The first-order valence-corrected chi connectivity index (χ1v) is 8.59. The number of carboxylic acid groups (broad SMARTS) is 1. The lowest BCUT2D eigenvalue weighted by atomic mass is 9.73. The molecule has 2 N–H and O–H groups in total. The fourth-order valence-corrected chi connectivity index (χ4v) is 4.64. The maximum Gasteiger partial charge on any atom is 0.317 e. The van der Waals surface area contributed by atoms with Gasteiger partial charge in [0.2, 0.25) is 0 Å². The summed E-state index contributed by atoms with van der Waals surface area (Å²) in [5.74, 6) is -0.574. The van der Waals surface area contributed by atoms with Crippen LogP contribution in [0, 0.1) is 0 Å². The second-order valence-electron chi connectivity index (χ2n) is 6.14. The number of carboxylic acids is 1. The zero-order chi connectivity index (χ0) is 16.0. The molecule has 1 fully saturated rings. The van der Waals surface area contributed by atoms with Gasteiger partial charge in [-0.1, -0.05) is 37.5 Å². The number of fused-ring (bicyclic) bond motifs is 3. The van der Waals surface area contributed by atoms with Crippen LogP contribution in [-0.4, -0.2) is 21.0 Å². The lowest BCUT2D eigenvalue weighted by Crippen LogP contribution is -2.40. The fourth-order valence-electron chi connectivity index (χ4n) is 3.56. The molecule has 5 nitrogen and oxygen atoms in total. The van der Waals surface area contributed by atoms with E-state index in [1.165, 1.54) is 11.3 Å². The molecule has 1 aromatic carbocycles. The van der Waals surface area contributed by atoms with Crippen LogP contribution in [0.25, 0.3) is 20.3 Å². The second-order valence-corrected chi connectivity index (χ2v) is 7.17. The van der Waals surface area contributed by atoms with Gasteiger partial charge in [-0.25, -0.2) is 4.98 Å². The maximum absolute atomic E-state index is 12.6. The summed E-state index contributed by atoms with van der Waals surface area (Å²) in [4.78, 5) is 32.5. The number of nitrogens with zero attached hydrogens (tertiary/aromatic N) is 1. The monoisotopic (exact) mass is 328 g/mol. The van der Waals surface area contributed by atoms with E-state index in [0.717, 1.165) is 29.3 Å². The number of benzene rings is 1. The van der Waals surface area contributed by atoms with Crippen LogP contribution >= 0.6 is 11.3 Å². The predicted octanol–water partition coefficient (Wildman–Crippen LogP) is 3.42. The molecule has 23 heavy (non-hydrogen) atoms. The van der Waals surface area contributed by atoms with E-state index in [9.17, 15) is 14.7 Å². The maximum atomic E-state index is 12.6. The summed E-state index contributed by atoms with van der Waals surface area (Å²) in [6, 6.07) is 7.67. The Morgan fingerprint density at radius 2 is 1.96 bits per heavy atom. The number of carbonyl (C=O) groups is 1.